The van der Waals surface area contributed by atoms with Crippen molar-refractivity contribution in [1.82, 2.24) is 15.6 Å². The Morgan fingerprint density at radius 2 is 2.07 bits per heavy atom. The summed E-state index contributed by atoms with van der Waals surface area (Å²) in [5.41, 5.74) is 1.09. The molecule has 162 valence electrons. The van der Waals surface area contributed by atoms with E-state index in [1.807, 2.05) is 17.0 Å². The number of benzene rings is 1. The Bertz CT molecular complexity index is 853. The van der Waals surface area contributed by atoms with E-state index in [1.165, 1.54) is 11.6 Å². The summed E-state index contributed by atoms with van der Waals surface area (Å²) in [7, 11) is 1.67. The Hall–Kier alpha value is -2.83. The van der Waals surface area contributed by atoms with Crippen LogP contribution >= 0.6 is 0 Å². The number of hydrogen-bond acceptors (Lipinski definition) is 4. The van der Waals surface area contributed by atoms with Gasteiger partial charge in [0, 0.05) is 37.3 Å². The second-order valence-corrected chi connectivity index (χ2v) is 8.19. The van der Waals surface area contributed by atoms with E-state index < -0.39 is 0 Å². The first kappa shape index (κ1) is 21.9. The van der Waals surface area contributed by atoms with Gasteiger partial charge >= 0.3 is 0 Å². The monoisotopic (exact) mass is 413 g/mol. The summed E-state index contributed by atoms with van der Waals surface area (Å²) in [5.74, 6) is 1.78. The summed E-state index contributed by atoms with van der Waals surface area (Å²) in [6.45, 7) is 9.30. The number of guanidine groups is 1. The van der Waals surface area contributed by atoms with Gasteiger partial charge in [0.1, 0.15) is 5.75 Å². The first-order chi connectivity index (χ1) is 14.4. The van der Waals surface area contributed by atoms with Gasteiger partial charge in [0.2, 0.25) is 0 Å². The van der Waals surface area contributed by atoms with Gasteiger partial charge < -0.3 is 20.3 Å². The van der Waals surface area contributed by atoms with Crippen LogP contribution in [0.2, 0.25) is 0 Å². The van der Waals surface area contributed by atoms with Gasteiger partial charge in [0.25, 0.3) is 0 Å². The highest BCUT2D eigenvalue weighted by molar-refractivity contribution is 5.80. The highest BCUT2D eigenvalue weighted by atomic mass is 19.1. The number of halogens is 1. The van der Waals surface area contributed by atoms with Crippen LogP contribution < -0.4 is 20.3 Å². The van der Waals surface area contributed by atoms with E-state index in [-0.39, 0.29) is 17.3 Å². The fraction of sp³-hybridized carbons (Fsp3) is 0.478. The van der Waals surface area contributed by atoms with Crippen molar-refractivity contribution in [2.45, 2.75) is 38.6 Å². The lowest BCUT2D eigenvalue weighted by Gasteiger charge is -2.25. The molecular weight excluding hydrogens is 381 g/mol. The third-order valence-electron chi connectivity index (χ3n) is 5.42. The number of methoxy groups -OCH3 is 1. The van der Waals surface area contributed by atoms with Crippen LogP contribution in [0, 0.1) is 5.82 Å². The van der Waals surface area contributed by atoms with E-state index in [2.05, 4.69) is 48.5 Å². The smallest absolute Gasteiger partial charge is 0.191 e. The first-order valence-electron chi connectivity index (χ1n) is 10.5. The van der Waals surface area contributed by atoms with E-state index in [0.717, 1.165) is 31.2 Å². The molecule has 1 fully saturated rings. The predicted molar refractivity (Wildman–Crippen MR) is 120 cm³/mol. The van der Waals surface area contributed by atoms with E-state index in [0.29, 0.717) is 18.9 Å². The van der Waals surface area contributed by atoms with Crippen LogP contribution in [0.4, 0.5) is 10.2 Å². The van der Waals surface area contributed by atoms with Crippen molar-refractivity contribution < 1.29 is 9.13 Å². The van der Waals surface area contributed by atoms with Crippen molar-refractivity contribution in [1.29, 1.82) is 0 Å². The van der Waals surface area contributed by atoms with Gasteiger partial charge in [-0.3, -0.25) is 4.99 Å². The Balaban J connectivity index is 1.63. The maximum Gasteiger partial charge on any atom is 0.191 e. The molecule has 1 atom stereocenters. The molecule has 2 aromatic rings. The third-order valence-corrected chi connectivity index (χ3v) is 5.42. The van der Waals surface area contributed by atoms with Crippen LogP contribution in [0.5, 0.6) is 5.75 Å². The largest absolute Gasteiger partial charge is 0.497 e. The fourth-order valence-corrected chi connectivity index (χ4v) is 3.60. The molecule has 0 bridgehead atoms. The molecule has 0 radical (unpaired) electrons. The van der Waals surface area contributed by atoms with Crippen LogP contribution in [-0.2, 0) is 5.41 Å². The predicted octanol–water partition coefficient (Wildman–Crippen LogP) is 3.34. The van der Waals surface area contributed by atoms with Crippen molar-refractivity contribution in [2.75, 3.05) is 38.2 Å². The minimum absolute atomic E-state index is 0.118. The Morgan fingerprint density at radius 3 is 2.73 bits per heavy atom. The van der Waals surface area contributed by atoms with Gasteiger partial charge in [-0.2, -0.15) is 0 Å². The average molecular weight is 414 g/mol. The number of nitrogens with zero attached hydrogens (tertiary/aromatic N) is 3. The van der Waals surface area contributed by atoms with Gasteiger partial charge in [-0.15, -0.1) is 0 Å². The van der Waals surface area contributed by atoms with Crippen LogP contribution in [0.1, 0.15) is 32.8 Å². The number of hydrogen-bond donors (Lipinski definition) is 2. The summed E-state index contributed by atoms with van der Waals surface area (Å²) in [4.78, 5) is 11.0. The maximum absolute atomic E-state index is 14.0. The van der Waals surface area contributed by atoms with Crippen molar-refractivity contribution in [3.05, 3.63) is 54.0 Å². The van der Waals surface area contributed by atoms with Crippen LogP contribution in [0.3, 0.4) is 0 Å². The van der Waals surface area contributed by atoms with Gasteiger partial charge in [-0.05, 0) is 43.2 Å². The summed E-state index contributed by atoms with van der Waals surface area (Å²) in [5, 5.41) is 6.83. The molecule has 1 aliphatic rings. The molecule has 1 unspecified atom stereocenters. The van der Waals surface area contributed by atoms with Gasteiger partial charge in [0.15, 0.2) is 17.6 Å². The zero-order valence-electron chi connectivity index (χ0n) is 18.3. The molecule has 1 aromatic heterocycles. The highest BCUT2D eigenvalue weighted by Crippen LogP contribution is 2.26. The molecule has 0 amide bonds. The molecule has 0 saturated carbocycles. The first-order valence-corrected chi connectivity index (χ1v) is 10.5. The lowest BCUT2D eigenvalue weighted by Crippen LogP contribution is -2.45. The van der Waals surface area contributed by atoms with Crippen LogP contribution in [-0.4, -0.2) is 50.3 Å². The summed E-state index contributed by atoms with van der Waals surface area (Å²) >= 11 is 0. The van der Waals surface area contributed by atoms with Crippen LogP contribution in [0.25, 0.3) is 0 Å². The molecule has 0 aliphatic carbocycles. The van der Waals surface area contributed by atoms with Crippen molar-refractivity contribution in [3.8, 4) is 5.75 Å². The van der Waals surface area contributed by atoms with Crippen molar-refractivity contribution in [2.24, 2.45) is 4.99 Å². The summed E-state index contributed by atoms with van der Waals surface area (Å²) < 4.78 is 19.3. The number of rotatable bonds is 7. The molecule has 1 aliphatic heterocycles. The maximum atomic E-state index is 14.0. The third kappa shape index (κ3) is 5.40. The molecule has 2 N–H and O–H groups in total. The molecule has 7 heteroatoms. The number of nitrogens with one attached hydrogen (secondary N) is 2. The average Bonchev–Trinajstić information content (AvgIpc) is 3.21. The van der Waals surface area contributed by atoms with E-state index in [4.69, 9.17) is 9.73 Å². The molecule has 30 heavy (non-hydrogen) atoms. The normalized spacial score (nSPS) is 17.2. The summed E-state index contributed by atoms with van der Waals surface area (Å²) in [6, 6.07) is 11.4. The summed E-state index contributed by atoms with van der Waals surface area (Å²) in [6.07, 6.45) is 2.54. The number of aromatic nitrogens is 1. The Kier molecular flexibility index (Phi) is 7.13. The lowest BCUT2D eigenvalue weighted by molar-refractivity contribution is 0.414. The zero-order valence-corrected chi connectivity index (χ0v) is 18.3. The fourth-order valence-electron chi connectivity index (χ4n) is 3.60. The molecule has 6 nitrogen and oxygen atoms in total. The molecular formula is C23H32FN5O. The topological polar surface area (TPSA) is 61.8 Å². The lowest BCUT2D eigenvalue weighted by atomic mass is 9.85. The van der Waals surface area contributed by atoms with Gasteiger partial charge in [0.05, 0.1) is 13.7 Å². The second kappa shape index (κ2) is 9.78. The number of pyridine rings is 1. The zero-order chi connectivity index (χ0) is 21.6. The van der Waals surface area contributed by atoms with E-state index in [9.17, 15) is 4.39 Å². The Labute approximate surface area is 178 Å². The van der Waals surface area contributed by atoms with Crippen molar-refractivity contribution in [3.63, 3.8) is 0 Å². The highest BCUT2D eigenvalue weighted by Gasteiger charge is 2.26. The van der Waals surface area contributed by atoms with Crippen LogP contribution in [0.15, 0.2) is 47.6 Å². The second-order valence-electron chi connectivity index (χ2n) is 8.19. The minimum Gasteiger partial charge on any atom is -0.497 e. The molecule has 2 heterocycles. The molecule has 0 spiro atoms. The number of aliphatic imine (C=N–C) groups is 1. The standard InChI is InChI=1S/C23H32FN5O/c1-5-25-22(27-16-23(2,3)17-8-10-19(30-4)11-9-17)28-18-12-14-29(15-18)21-20(24)7-6-13-26-21/h6-11,13,18H,5,12,14-16H2,1-4H3,(H2,25,27,28). The molecule has 3 rings (SSSR count). The van der Waals surface area contributed by atoms with E-state index >= 15 is 0 Å². The van der Waals surface area contributed by atoms with Crippen molar-refractivity contribution >= 4 is 11.8 Å². The number of ether oxygens (including phenoxy) is 1. The SMILES string of the molecule is CCNC(=NCC(C)(C)c1ccc(OC)cc1)NC1CCN(c2ncccc2F)C1. The number of anilines is 1. The minimum atomic E-state index is -0.278. The quantitative estimate of drug-likeness (QED) is 0.539. The van der Waals surface area contributed by atoms with Gasteiger partial charge in [-0.1, -0.05) is 26.0 Å². The molecule has 1 saturated heterocycles. The molecule has 1 aromatic carbocycles. The Morgan fingerprint density at radius 1 is 1.30 bits per heavy atom. The van der Waals surface area contributed by atoms with E-state index in [1.54, 1.807) is 19.4 Å². The van der Waals surface area contributed by atoms with Gasteiger partial charge in [-0.25, -0.2) is 9.37 Å².